The average Bonchev–Trinajstić information content (AvgIpc) is 1.87. The van der Waals surface area contributed by atoms with Crippen molar-refractivity contribution in [3.05, 3.63) is 12.0 Å². The molecule has 0 aromatic rings. The first-order valence-corrected chi connectivity index (χ1v) is 2.75. The minimum atomic E-state index is -0.554. The Morgan fingerprint density at radius 2 is 2.33 bits per heavy atom. The van der Waals surface area contributed by atoms with Gasteiger partial charge in [-0.05, 0) is 0 Å². The highest BCUT2D eigenvalue weighted by molar-refractivity contribution is 6.69. The summed E-state index contributed by atoms with van der Waals surface area (Å²) in [6, 6.07) is 0. The molecule has 0 rings (SSSR count). The van der Waals surface area contributed by atoms with Gasteiger partial charge in [0.2, 0.25) is 0 Å². The Balaban J connectivity index is 4.03. The molecule has 1 N–H and O–H groups in total. The lowest BCUT2D eigenvalue weighted by Crippen LogP contribution is -1.97. The maximum Gasteiger partial charge on any atom is 0.175 e. The van der Waals surface area contributed by atoms with Gasteiger partial charge in [0.1, 0.15) is 0 Å². The van der Waals surface area contributed by atoms with E-state index in [2.05, 4.69) is 10.3 Å². The van der Waals surface area contributed by atoms with Crippen LogP contribution in [0.3, 0.4) is 0 Å². The van der Waals surface area contributed by atoms with Gasteiger partial charge in [-0.15, -0.1) is 0 Å². The number of allylic oxidation sites excluding steroid dienone is 1. The second-order valence-corrected chi connectivity index (χ2v) is 1.65. The van der Waals surface area contributed by atoms with Crippen molar-refractivity contribution < 1.29 is 4.39 Å². The van der Waals surface area contributed by atoms with Crippen LogP contribution in [0.1, 0.15) is 0 Å². The van der Waals surface area contributed by atoms with Gasteiger partial charge in [-0.25, -0.2) is 4.39 Å². The van der Waals surface area contributed by atoms with E-state index in [4.69, 9.17) is 11.6 Å². The number of hydrogen-bond acceptors (Lipinski definition) is 2. The Morgan fingerprint density at radius 1 is 1.78 bits per heavy atom. The van der Waals surface area contributed by atoms with E-state index in [0.717, 1.165) is 6.20 Å². The fraction of sp³-hybridized carbons (Fsp3) is 0.400. The van der Waals surface area contributed by atoms with E-state index in [9.17, 15) is 4.39 Å². The fourth-order valence-corrected chi connectivity index (χ4v) is 0.348. The zero-order valence-corrected chi connectivity index (χ0v) is 6.04. The normalized spacial score (nSPS) is 13.8. The number of nitrogens with one attached hydrogen (secondary N) is 1. The SMILES string of the molecule is C/N=C(Cl)\C(F)=C/NC. The molecular formula is C5H8ClFN2. The molecule has 0 radical (unpaired) electrons. The van der Waals surface area contributed by atoms with Gasteiger partial charge >= 0.3 is 0 Å². The van der Waals surface area contributed by atoms with Gasteiger partial charge in [-0.1, -0.05) is 11.6 Å². The minimum Gasteiger partial charge on any atom is -0.392 e. The van der Waals surface area contributed by atoms with Gasteiger partial charge in [-0.2, -0.15) is 0 Å². The highest BCUT2D eigenvalue weighted by Gasteiger charge is 1.97. The van der Waals surface area contributed by atoms with Crippen LogP contribution in [0.2, 0.25) is 0 Å². The lowest BCUT2D eigenvalue weighted by Gasteiger charge is -1.90. The molecule has 4 heteroatoms. The molecule has 0 aromatic heterocycles. The number of halogens is 2. The summed E-state index contributed by atoms with van der Waals surface area (Å²) < 4.78 is 12.3. The first-order valence-electron chi connectivity index (χ1n) is 2.38. The van der Waals surface area contributed by atoms with Crippen molar-refractivity contribution in [3.63, 3.8) is 0 Å². The molecule has 0 bridgehead atoms. The smallest absolute Gasteiger partial charge is 0.175 e. The third kappa shape index (κ3) is 3.08. The number of rotatable bonds is 2. The Kier molecular flexibility index (Phi) is 4.05. The van der Waals surface area contributed by atoms with E-state index in [1.54, 1.807) is 7.05 Å². The summed E-state index contributed by atoms with van der Waals surface area (Å²) in [5, 5.41) is 2.36. The third-order valence-electron chi connectivity index (χ3n) is 0.664. The molecule has 0 amide bonds. The van der Waals surface area contributed by atoms with Gasteiger partial charge in [0, 0.05) is 20.3 Å². The van der Waals surface area contributed by atoms with Crippen molar-refractivity contribution in [3.8, 4) is 0 Å². The Hall–Kier alpha value is -0.570. The molecule has 0 aromatic carbocycles. The van der Waals surface area contributed by atoms with E-state index in [1.807, 2.05) is 0 Å². The van der Waals surface area contributed by atoms with Crippen LogP contribution in [0, 0.1) is 0 Å². The number of aliphatic imine (C=N–C) groups is 1. The predicted molar refractivity (Wildman–Crippen MR) is 37.5 cm³/mol. The van der Waals surface area contributed by atoms with Crippen molar-refractivity contribution >= 4 is 16.8 Å². The molecule has 0 fully saturated rings. The second kappa shape index (κ2) is 4.32. The topological polar surface area (TPSA) is 24.4 Å². The molecule has 0 atom stereocenters. The van der Waals surface area contributed by atoms with Gasteiger partial charge in [0.15, 0.2) is 11.0 Å². The summed E-state index contributed by atoms with van der Waals surface area (Å²) in [5.74, 6) is -0.554. The van der Waals surface area contributed by atoms with Crippen LogP contribution in [0.25, 0.3) is 0 Å². The summed E-state index contributed by atoms with van der Waals surface area (Å²) >= 11 is 5.26. The first kappa shape index (κ1) is 8.43. The lowest BCUT2D eigenvalue weighted by molar-refractivity contribution is 0.674. The van der Waals surface area contributed by atoms with Gasteiger partial charge < -0.3 is 5.32 Å². The summed E-state index contributed by atoms with van der Waals surface area (Å²) in [4.78, 5) is 3.41. The molecule has 0 saturated carbocycles. The zero-order valence-electron chi connectivity index (χ0n) is 5.28. The number of hydrogen-bond donors (Lipinski definition) is 1. The molecule has 0 unspecified atom stereocenters. The lowest BCUT2D eigenvalue weighted by atomic mass is 10.6. The molecule has 0 aliphatic rings. The number of nitrogens with zero attached hydrogens (tertiary/aromatic N) is 1. The van der Waals surface area contributed by atoms with Crippen molar-refractivity contribution in [2.24, 2.45) is 4.99 Å². The average molecular weight is 151 g/mol. The van der Waals surface area contributed by atoms with E-state index in [1.165, 1.54) is 7.05 Å². The highest BCUT2D eigenvalue weighted by atomic mass is 35.5. The molecule has 0 aliphatic heterocycles. The molecular weight excluding hydrogens is 143 g/mol. The van der Waals surface area contributed by atoms with E-state index in [-0.39, 0.29) is 5.17 Å². The molecule has 0 aliphatic carbocycles. The maximum absolute atomic E-state index is 12.3. The summed E-state index contributed by atoms with van der Waals surface area (Å²) in [6.45, 7) is 0. The van der Waals surface area contributed by atoms with E-state index >= 15 is 0 Å². The van der Waals surface area contributed by atoms with Crippen LogP contribution in [0.5, 0.6) is 0 Å². The summed E-state index contributed by atoms with van der Waals surface area (Å²) in [5.41, 5.74) is 0. The molecule has 52 valence electrons. The summed E-state index contributed by atoms with van der Waals surface area (Å²) in [7, 11) is 3.00. The molecule has 2 nitrogen and oxygen atoms in total. The summed E-state index contributed by atoms with van der Waals surface area (Å²) in [6.07, 6.45) is 1.13. The van der Waals surface area contributed by atoms with Gasteiger partial charge in [-0.3, -0.25) is 4.99 Å². The van der Waals surface area contributed by atoms with Crippen LogP contribution >= 0.6 is 11.6 Å². The quantitative estimate of drug-likeness (QED) is 0.590. The minimum absolute atomic E-state index is 0.121. The van der Waals surface area contributed by atoms with Crippen molar-refractivity contribution in [1.29, 1.82) is 0 Å². The fourth-order valence-electron chi connectivity index (χ4n) is 0.293. The standard InChI is InChI=1S/C5H8ClFN2/c1-8-3-4(7)5(6)9-2/h3,8H,1-2H3/b4-3+,9-5+. The Labute approximate surface area is 58.4 Å². The Bertz CT molecular complexity index is 142. The first-order chi connectivity index (χ1) is 4.22. The van der Waals surface area contributed by atoms with Crippen LogP contribution < -0.4 is 5.32 Å². The molecule has 0 saturated heterocycles. The van der Waals surface area contributed by atoms with Crippen molar-refractivity contribution in [1.82, 2.24) is 5.32 Å². The monoisotopic (exact) mass is 150 g/mol. The van der Waals surface area contributed by atoms with Crippen LogP contribution in [0.4, 0.5) is 4.39 Å². The van der Waals surface area contributed by atoms with Gasteiger partial charge in [0.05, 0.1) is 0 Å². The third-order valence-corrected chi connectivity index (χ3v) is 1.01. The maximum atomic E-state index is 12.3. The Morgan fingerprint density at radius 3 is 2.67 bits per heavy atom. The van der Waals surface area contributed by atoms with Crippen LogP contribution in [0.15, 0.2) is 17.0 Å². The molecule has 0 spiro atoms. The van der Waals surface area contributed by atoms with Crippen LogP contribution in [-0.4, -0.2) is 19.3 Å². The van der Waals surface area contributed by atoms with Crippen molar-refractivity contribution in [2.45, 2.75) is 0 Å². The second-order valence-electron chi connectivity index (χ2n) is 1.30. The van der Waals surface area contributed by atoms with E-state index < -0.39 is 5.83 Å². The largest absolute Gasteiger partial charge is 0.392 e. The molecule has 9 heavy (non-hydrogen) atoms. The van der Waals surface area contributed by atoms with E-state index in [0.29, 0.717) is 0 Å². The van der Waals surface area contributed by atoms with Gasteiger partial charge in [0.25, 0.3) is 0 Å². The highest BCUT2D eigenvalue weighted by Crippen LogP contribution is 2.01. The zero-order chi connectivity index (χ0) is 7.28. The molecule has 0 heterocycles. The van der Waals surface area contributed by atoms with Crippen LogP contribution in [-0.2, 0) is 0 Å². The predicted octanol–water partition coefficient (Wildman–Crippen LogP) is 1.28. The van der Waals surface area contributed by atoms with Crippen molar-refractivity contribution in [2.75, 3.05) is 14.1 Å².